The lowest BCUT2D eigenvalue weighted by Crippen LogP contribution is -1.96. The van der Waals surface area contributed by atoms with E-state index in [0.29, 0.717) is 6.54 Å². The first-order valence-electron chi connectivity index (χ1n) is 3.30. The SMILES string of the molecule is COc1ccc(CN)cc1Br.Cl. The summed E-state index contributed by atoms with van der Waals surface area (Å²) < 4.78 is 6.00. The lowest BCUT2D eigenvalue weighted by Gasteiger charge is -2.03. The first-order chi connectivity index (χ1) is 5.27. The predicted molar refractivity (Wildman–Crippen MR) is 55.8 cm³/mol. The van der Waals surface area contributed by atoms with Crippen LogP contribution in [0.5, 0.6) is 5.75 Å². The molecule has 0 amide bonds. The average molecular weight is 253 g/mol. The van der Waals surface area contributed by atoms with E-state index in [4.69, 9.17) is 10.5 Å². The van der Waals surface area contributed by atoms with Gasteiger partial charge in [-0.1, -0.05) is 6.07 Å². The molecule has 1 aromatic carbocycles. The fraction of sp³-hybridized carbons (Fsp3) is 0.250. The van der Waals surface area contributed by atoms with Gasteiger partial charge in [0.1, 0.15) is 5.75 Å². The van der Waals surface area contributed by atoms with Crippen molar-refractivity contribution in [3.05, 3.63) is 28.2 Å². The topological polar surface area (TPSA) is 35.2 Å². The van der Waals surface area contributed by atoms with Crippen LogP contribution in [0.15, 0.2) is 22.7 Å². The van der Waals surface area contributed by atoms with Gasteiger partial charge in [-0.15, -0.1) is 12.4 Å². The van der Waals surface area contributed by atoms with Crippen LogP contribution in [-0.4, -0.2) is 7.11 Å². The monoisotopic (exact) mass is 251 g/mol. The molecule has 0 spiro atoms. The fourth-order valence-corrected chi connectivity index (χ4v) is 1.42. The Morgan fingerprint density at radius 3 is 2.58 bits per heavy atom. The third kappa shape index (κ3) is 2.66. The fourth-order valence-electron chi connectivity index (χ4n) is 0.837. The molecule has 0 aliphatic heterocycles. The van der Waals surface area contributed by atoms with Crippen molar-refractivity contribution >= 4 is 28.3 Å². The molecule has 0 saturated heterocycles. The summed E-state index contributed by atoms with van der Waals surface area (Å²) in [5.74, 6) is 0.835. The molecule has 0 aliphatic rings. The number of halogens is 2. The van der Waals surface area contributed by atoms with Crippen molar-refractivity contribution in [3.8, 4) is 5.75 Å². The van der Waals surface area contributed by atoms with Crippen LogP contribution in [0.2, 0.25) is 0 Å². The van der Waals surface area contributed by atoms with Crippen molar-refractivity contribution in [1.82, 2.24) is 0 Å². The highest BCUT2D eigenvalue weighted by atomic mass is 79.9. The summed E-state index contributed by atoms with van der Waals surface area (Å²) in [6, 6.07) is 5.80. The summed E-state index contributed by atoms with van der Waals surface area (Å²) in [4.78, 5) is 0. The van der Waals surface area contributed by atoms with E-state index >= 15 is 0 Å². The first kappa shape index (κ1) is 11.8. The van der Waals surface area contributed by atoms with Gasteiger partial charge in [-0.05, 0) is 33.6 Å². The molecule has 1 rings (SSSR count). The number of ether oxygens (including phenoxy) is 1. The molecule has 0 aliphatic carbocycles. The molecule has 4 heteroatoms. The Morgan fingerprint density at radius 2 is 2.17 bits per heavy atom. The van der Waals surface area contributed by atoms with Gasteiger partial charge >= 0.3 is 0 Å². The largest absolute Gasteiger partial charge is 0.496 e. The van der Waals surface area contributed by atoms with E-state index in [-0.39, 0.29) is 12.4 Å². The van der Waals surface area contributed by atoms with Crippen LogP contribution in [0.1, 0.15) is 5.56 Å². The van der Waals surface area contributed by atoms with Crippen LogP contribution in [0.25, 0.3) is 0 Å². The molecule has 68 valence electrons. The van der Waals surface area contributed by atoms with E-state index in [1.165, 1.54) is 0 Å². The smallest absolute Gasteiger partial charge is 0.133 e. The van der Waals surface area contributed by atoms with E-state index in [0.717, 1.165) is 15.8 Å². The zero-order chi connectivity index (χ0) is 8.27. The lowest BCUT2D eigenvalue weighted by molar-refractivity contribution is 0.412. The zero-order valence-corrected chi connectivity index (χ0v) is 9.11. The number of benzene rings is 1. The minimum absolute atomic E-state index is 0. The molecule has 0 radical (unpaired) electrons. The van der Waals surface area contributed by atoms with Crippen molar-refractivity contribution in [2.24, 2.45) is 5.73 Å². The van der Waals surface area contributed by atoms with Gasteiger partial charge in [0.05, 0.1) is 11.6 Å². The Morgan fingerprint density at radius 1 is 1.50 bits per heavy atom. The molecule has 0 atom stereocenters. The number of rotatable bonds is 2. The summed E-state index contributed by atoms with van der Waals surface area (Å²) in [5.41, 5.74) is 6.54. The van der Waals surface area contributed by atoms with Crippen molar-refractivity contribution in [1.29, 1.82) is 0 Å². The molecule has 0 unspecified atom stereocenters. The maximum absolute atomic E-state index is 5.45. The van der Waals surface area contributed by atoms with Gasteiger partial charge in [0.15, 0.2) is 0 Å². The predicted octanol–water partition coefficient (Wildman–Crippen LogP) is 2.34. The van der Waals surface area contributed by atoms with Crippen LogP contribution in [-0.2, 0) is 6.54 Å². The minimum atomic E-state index is 0. The van der Waals surface area contributed by atoms with Crippen LogP contribution >= 0.6 is 28.3 Å². The third-order valence-electron chi connectivity index (χ3n) is 1.45. The van der Waals surface area contributed by atoms with E-state index in [1.54, 1.807) is 7.11 Å². The lowest BCUT2D eigenvalue weighted by atomic mass is 10.2. The van der Waals surface area contributed by atoms with Gasteiger partial charge in [0.25, 0.3) is 0 Å². The highest BCUT2D eigenvalue weighted by Crippen LogP contribution is 2.25. The van der Waals surface area contributed by atoms with E-state index in [1.807, 2.05) is 18.2 Å². The summed E-state index contributed by atoms with van der Waals surface area (Å²) >= 11 is 3.37. The number of hydrogen-bond donors (Lipinski definition) is 1. The Kier molecular flexibility index (Phi) is 5.29. The van der Waals surface area contributed by atoms with Crippen molar-refractivity contribution < 1.29 is 4.74 Å². The van der Waals surface area contributed by atoms with E-state index < -0.39 is 0 Å². The Labute approximate surface area is 86.6 Å². The molecule has 0 fully saturated rings. The molecule has 0 aromatic heterocycles. The molecule has 12 heavy (non-hydrogen) atoms. The maximum Gasteiger partial charge on any atom is 0.133 e. The average Bonchev–Trinajstić information content (AvgIpc) is 2.04. The summed E-state index contributed by atoms with van der Waals surface area (Å²) in [6.07, 6.45) is 0. The highest BCUT2D eigenvalue weighted by molar-refractivity contribution is 9.10. The third-order valence-corrected chi connectivity index (χ3v) is 2.07. The van der Waals surface area contributed by atoms with Crippen molar-refractivity contribution in [2.45, 2.75) is 6.54 Å². The Hall–Kier alpha value is -0.250. The molecular formula is C8H11BrClNO. The molecule has 1 aromatic rings. The quantitative estimate of drug-likeness (QED) is 0.877. The molecule has 2 N–H and O–H groups in total. The minimum Gasteiger partial charge on any atom is -0.496 e. The Balaban J connectivity index is 0.00000121. The van der Waals surface area contributed by atoms with E-state index in [2.05, 4.69) is 15.9 Å². The van der Waals surface area contributed by atoms with Gasteiger partial charge in [-0.2, -0.15) is 0 Å². The standard InChI is InChI=1S/C8H10BrNO.ClH/c1-11-8-3-2-6(5-10)4-7(8)9;/h2-4H,5,10H2,1H3;1H. The van der Waals surface area contributed by atoms with Crippen molar-refractivity contribution in [2.75, 3.05) is 7.11 Å². The Bertz CT molecular complexity index is 255. The van der Waals surface area contributed by atoms with Crippen LogP contribution in [0.3, 0.4) is 0 Å². The molecule has 2 nitrogen and oxygen atoms in total. The molecule has 0 saturated carbocycles. The highest BCUT2D eigenvalue weighted by Gasteiger charge is 1.98. The molecular weight excluding hydrogens is 241 g/mol. The molecule has 0 bridgehead atoms. The second-order valence-corrected chi connectivity index (χ2v) is 3.03. The van der Waals surface area contributed by atoms with Crippen molar-refractivity contribution in [3.63, 3.8) is 0 Å². The van der Waals surface area contributed by atoms with Gasteiger partial charge in [-0.3, -0.25) is 0 Å². The zero-order valence-electron chi connectivity index (χ0n) is 6.71. The van der Waals surface area contributed by atoms with Crippen LogP contribution in [0.4, 0.5) is 0 Å². The van der Waals surface area contributed by atoms with Gasteiger partial charge < -0.3 is 10.5 Å². The summed E-state index contributed by atoms with van der Waals surface area (Å²) in [6.45, 7) is 0.558. The maximum atomic E-state index is 5.45. The van der Waals surface area contributed by atoms with E-state index in [9.17, 15) is 0 Å². The number of methoxy groups -OCH3 is 1. The second kappa shape index (κ2) is 5.41. The number of hydrogen-bond acceptors (Lipinski definition) is 2. The normalized spacial score (nSPS) is 8.92. The van der Waals surface area contributed by atoms with Crippen LogP contribution < -0.4 is 10.5 Å². The number of nitrogens with two attached hydrogens (primary N) is 1. The molecule has 0 heterocycles. The van der Waals surface area contributed by atoms with Gasteiger partial charge in [0.2, 0.25) is 0 Å². The van der Waals surface area contributed by atoms with Gasteiger partial charge in [-0.25, -0.2) is 0 Å². The summed E-state index contributed by atoms with van der Waals surface area (Å²) in [5, 5.41) is 0. The van der Waals surface area contributed by atoms with Crippen LogP contribution in [0, 0.1) is 0 Å². The summed E-state index contributed by atoms with van der Waals surface area (Å²) in [7, 11) is 1.64. The first-order valence-corrected chi connectivity index (χ1v) is 4.09. The van der Waals surface area contributed by atoms with Gasteiger partial charge in [0, 0.05) is 6.54 Å². The second-order valence-electron chi connectivity index (χ2n) is 2.17.